The third-order valence-corrected chi connectivity index (χ3v) is 3.19. The molecule has 1 aromatic carbocycles. The van der Waals surface area contributed by atoms with Gasteiger partial charge in [0.25, 0.3) is 0 Å². The van der Waals surface area contributed by atoms with Gasteiger partial charge in [-0.25, -0.2) is 4.79 Å². The van der Waals surface area contributed by atoms with E-state index in [4.69, 9.17) is 27.6 Å². The van der Waals surface area contributed by atoms with Crippen molar-refractivity contribution >= 4 is 23.2 Å². The summed E-state index contributed by atoms with van der Waals surface area (Å²) in [5, 5.41) is 5.11. The van der Waals surface area contributed by atoms with E-state index >= 15 is 0 Å². The van der Waals surface area contributed by atoms with Gasteiger partial charge in [0, 0.05) is 22.0 Å². The quantitative estimate of drug-likeness (QED) is 0.868. The fraction of sp³-hybridized carbons (Fsp3) is 0.333. The zero-order chi connectivity index (χ0) is 13.1. The van der Waals surface area contributed by atoms with Gasteiger partial charge in [0.15, 0.2) is 0 Å². The summed E-state index contributed by atoms with van der Waals surface area (Å²) in [6.45, 7) is 2.20. The molecule has 18 heavy (non-hydrogen) atoms. The van der Waals surface area contributed by atoms with Gasteiger partial charge in [-0.15, -0.1) is 5.10 Å². The van der Waals surface area contributed by atoms with Gasteiger partial charge in [0.1, 0.15) is 0 Å². The van der Waals surface area contributed by atoms with Crippen LogP contribution in [0.3, 0.4) is 0 Å². The van der Waals surface area contributed by atoms with E-state index in [0.29, 0.717) is 27.9 Å². The summed E-state index contributed by atoms with van der Waals surface area (Å²) < 4.78 is 6.25. The van der Waals surface area contributed by atoms with Crippen LogP contribution in [0, 0.1) is 0 Å². The summed E-state index contributed by atoms with van der Waals surface area (Å²) in [6, 6.07) is 5.20. The molecule has 6 heteroatoms. The highest BCUT2D eigenvalue weighted by molar-refractivity contribution is 6.35. The summed E-state index contributed by atoms with van der Waals surface area (Å²) in [5.41, 5.74) is 0.666. The molecule has 0 amide bonds. The number of hydrogen-bond acceptors (Lipinski definition) is 3. The third kappa shape index (κ3) is 2.76. The first-order chi connectivity index (χ1) is 8.61. The van der Waals surface area contributed by atoms with Gasteiger partial charge in [-0.05, 0) is 18.6 Å². The van der Waals surface area contributed by atoms with Crippen LogP contribution in [0.15, 0.2) is 27.4 Å². The van der Waals surface area contributed by atoms with Crippen molar-refractivity contribution in [3.8, 4) is 0 Å². The monoisotopic (exact) mass is 286 g/mol. The molecular weight excluding hydrogens is 275 g/mol. The molecule has 0 spiro atoms. The van der Waals surface area contributed by atoms with Crippen molar-refractivity contribution in [1.82, 2.24) is 9.78 Å². The Hall–Kier alpha value is -1.26. The van der Waals surface area contributed by atoms with Crippen LogP contribution in [0.1, 0.15) is 24.8 Å². The van der Waals surface area contributed by atoms with Crippen molar-refractivity contribution in [2.45, 2.75) is 26.3 Å². The summed E-state index contributed by atoms with van der Waals surface area (Å²) in [6.07, 6.45) is 1.51. The number of halogens is 2. The topological polar surface area (TPSA) is 48.0 Å². The number of aromatic nitrogens is 2. The Morgan fingerprint density at radius 2 is 2.00 bits per heavy atom. The average molecular weight is 287 g/mol. The van der Waals surface area contributed by atoms with Gasteiger partial charge >= 0.3 is 5.76 Å². The molecule has 0 N–H and O–H groups in total. The Morgan fingerprint density at radius 1 is 1.33 bits per heavy atom. The van der Waals surface area contributed by atoms with Crippen LogP contribution in [0.4, 0.5) is 0 Å². The Kier molecular flexibility index (Phi) is 4.09. The van der Waals surface area contributed by atoms with E-state index in [2.05, 4.69) is 5.10 Å². The predicted octanol–water partition coefficient (Wildman–Crippen LogP) is 3.14. The highest BCUT2D eigenvalue weighted by Crippen LogP contribution is 2.24. The fourth-order valence-electron chi connectivity index (χ4n) is 1.60. The molecule has 0 saturated heterocycles. The van der Waals surface area contributed by atoms with Crippen LogP contribution < -0.4 is 5.76 Å². The van der Waals surface area contributed by atoms with Crippen LogP contribution in [0.25, 0.3) is 0 Å². The van der Waals surface area contributed by atoms with Crippen molar-refractivity contribution < 1.29 is 4.42 Å². The van der Waals surface area contributed by atoms with Crippen LogP contribution in [0.2, 0.25) is 10.0 Å². The van der Waals surface area contributed by atoms with Crippen molar-refractivity contribution in [2.24, 2.45) is 0 Å². The number of benzene rings is 1. The normalized spacial score (nSPS) is 10.8. The average Bonchev–Trinajstić information content (AvgIpc) is 2.65. The van der Waals surface area contributed by atoms with Crippen molar-refractivity contribution in [3.63, 3.8) is 0 Å². The Morgan fingerprint density at radius 3 is 2.61 bits per heavy atom. The molecule has 4 nitrogen and oxygen atoms in total. The van der Waals surface area contributed by atoms with E-state index < -0.39 is 5.76 Å². The van der Waals surface area contributed by atoms with Crippen molar-refractivity contribution in [1.29, 1.82) is 0 Å². The smallest absolute Gasteiger partial charge is 0.392 e. The molecule has 0 aliphatic heterocycles. The lowest BCUT2D eigenvalue weighted by Gasteiger charge is -2.04. The molecule has 2 aromatic rings. The summed E-state index contributed by atoms with van der Waals surface area (Å²) >= 11 is 12.1. The molecule has 96 valence electrons. The Bertz CT molecular complexity index is 584. The number of hydrogen-bond donors (Lipinski definition) is 0. The van der Waals surface area contributed by atoms with E-state index in [0.717, 1.165) is 6.42 Å². The van der Waals surface area contributed by atoms with Crippen LogP contribution in [0.5, 0.6) is 0 Å². The SMILES string of the molecule is CCCc1nn(Cc2c(Cl)cccc2Cl)c(=O)o1. The second-order valence-electron chi connectivity index (χ2n) is 3.87. The molecule has 0 aliphatic rings. The maximum Gasteiger partial charge on any atom is 0.437 e. The Balaban J connectivity index is 2.31. The number of nitrogens with zero attached hydrogens (tertiary/aromatic N) is 2. The summed E-state index contributed by atoms with van der Waals surface area (Å²) in [5.74, 6) is -0.0555. The van der Waals surface area contributed by atoms with Crippen LogP contribution >= 0.6 is 23.2 Å². The summed E-state index contributed by atoms with van der Waals surface area (Å²) in [4.78, 5) is 11.6. The molecule has 0 bridgehead atoms. The minimum Gasteiger partial charge on any atom is -0.392 e. The van der Waals surface area contributed by atoms with Crippen LogP contribution in [-0.4, -0.2) is 9.78 Å². The molecule has 0 unspecified atom stereocenters. The highest BCUT2D eigenvalue weighted by Gasteiger charge is 2.11. The van der Waals surface area contributed by atoms with E-state index in [1.165, 1.54) is 4.68 Å². The second-order valence-corrected chi connectivity index (χ2v) is 4.68. The predicted molar refractivity (Wildman–Crippen MR) is 70.3 cm³/mol. The molecule has 0 aliphatic carbocycles. The molecule has 0 fully saturated rings. The number of aryl methyl sites for hydroxylation is 1. The van der Waals surface area contributed by atoms with E-state index in [1.807, 2.05) is 6.92 Å². The lowest BCUT2D eigenvalue weighted by Crippen LogP contribution is -2.17. The highest BCUT2D eigenvalue weighted by atomic mass is 35.5. The van der Waals surface area contributed by atoms with E-state index in [9.17, 15) is 4.79 Å². The second kappa shape index (κ2) is 5.59. The Labute approximate surface area is 114 Å². The van der Waals surface area contributed by atoms with Crippen molar-refractivity contribution in [2.75, 3.05) is 0 Å². The molecule has 0 radical (unpaired) electrons. The van der Waals surface area contributed by atoms with Crippen molar-refractivity contribution in [3.05, 3.63) is 50.2 Å². The maximum atomic E-state index is 11.6. The van der Waals surface area contributed by atoms with E-state index in [-0.39, 0.29) is 6.54 Å². The zero-order valence-corrected chi connectivity index (χ0v) is 11.3. The minimum atomic E-state index is -0.491. The fourth-order valence-corrected chi connectivity index (χ4v) is 2.11. The molecule has 0 atom stereocenters. The molecule has 1 aromatic heterocycles. The van der Waals surface area contributed by atoms with Gasteiger partial charge < -0.3 is 4.42 Å². The van der Waals surface area contributed by atoms with Gasteiger partial charge in [0.2, 0.25) is 5.89 Å². The lowest BCUT2D eigenvalue weighted by molar-refractivity contribution is 0.448. The number of rotatable bonds is 4. The summed E-state index contributed by atoms with van der Waals surface area (Å²) in [7, 11) is 0. The van der Waals surface area contributed by atoms with Gasteiger partial charge in [-0.3, -0.25) is 0 Å². The molecular formula is C12H12Cl2N2O2. The minimum absolute atomic E-state index is 0.213. The lowest BCUT2D eigenvalue weighted by atomic mass is 10.2. The first kappa shape index (κ1) is 13.2. The van der Waals surface area contributed by atoms with Gasteiger partial charge in [-0.1, -0.05) is 36.2 Å². The standard InChI is InChI=1S/C12H12Cl2N2O2/c1-2-4-11-15-16(12(17)18-11)7-8-9(13)5-3-6-10(8)14/h3,5-6H,2,4,7H2,1H3. The van der Waals surface area contributed by atoms with Gasteiger partial charge in [0.05, 0.1) is 6.54 Å². The third-order valence-electron chi connectivity index (χ3n) is 2.48. The first-order valence-corrected chi connectivity index (χ1v) is 6.37. The van der Waals surface area contributed by atoms with Gasteiger partial charge in [-0.2, -0.15) is 4.68 Å². The maximum absolute atomic E-state index is 11.6. The zero-order valence-electron chi connectivity index (χ0n) is 9.82. The first-order valence-electron chi connectivity index (χ1n) is 5.61. The molecule has 0 saturated carbocycles. The van der Waals surface area contributed by atoms with E-state index in [1.54, 1.807) is 18.2 Å². The van der Waals surface area contributed by atoms with Crippen LogP contribution in [-0.2, 0) is 13.0 Å². The molecule has 1 heterocycles. The largest absolute Gasteiger partial charge is 0.437 e. The molecule has 2 rings (SSSR count).